The van der Waals surface area contributed by atoms with Gasteiger partial charge in [0, 0.05) is 6.42 Å². The first-order chi connectivity index (χ1) is 18.8. The first-order valence-corrected chi connectivity index (χ1v) is 15.1. The molecule has 0 fully saturated rings. The van der Waals surface area contributed by atoms with E-state index in [-0.39, 0.29) is 24.7 Å². The van der Waals surface area contributed by atoms with Gasteiger partial charge in [0.1, 0.15) is 12.4 Å². The summed E-state index contributed by atoms with van der Waals surface area (Å²) < 4.78 is 17.9. The third kappa shape index (κ3) is 7.06. The highest BCUT2D eigenvalue weighted by Crippen LogP contribution is 2.37. The minimum Gasteiger partial charge on any atom is -0.467 e. The van der Waals surface area contributed by atoms with Crippen molar-refractivity contribution in [3.05, 3.63) is 121 Å². The van der Waals surface area contributed by atoms with Gasteiger partial charge in [0.15, 0.2) is 0 Å². The number of ether oxygens (including phenoxy) is 1. The number of furan rings is 1. The molecular formula is C32H37NO5Si. The van der Waals surface area contributed by atoms with E-state index in [2.05, 4.69) is 50.4 Å². The number of amides is 1. The first kappa shape index (κ1) is 28.4. The molecule has 2 atom stereocenters. The van der Waals surface area contributed by atoms with Crippen molar-refractivity contribution in [1.82, 2.24) is 5.32 Å². The Bertz CT molecular complexity index is 1240. The molecule has 0 bridgehead atoms. The van der Waals surface area contributed by atoms with Crippen molar-refractivity contribution < 1.29 is 23.5 Å². The van der Waals surface area contributed by atoms with Crippen LogP contribution < -0.4 is 15.7 Å². The van der Waals surface area contributed by atoms with E-state index in [0.29, 0.717) is 5.76 Å². The van der Waals surface area contributed by atoms with Crippen molar-refractivity contribution in [1.29, 1.82) is 0 Å². The van der Waals surface area contributed by atoms with E-state index in [9.17, 15) is 9.90 Å². The summed E-state index contributed by atoms with van der Waals surface area (Å²) in [6.45, 7) is 6.84. The van der Waals surface area contributed by atoms with Gasteiger partial charge in [-0.3, -0.25) is 0 Å². The van der Waals surface area contributed by atoms with Crippen molar-refractivity contribution in [2.24, 2.45) is 0 Å². The second kappa shape index (κ2) is 12.9. The summed E-state index contributed by atoms with van der Waals surface area (Å²) in [7, 11) is -2.81. The lowest BCUT2D eigenvalue weighted by Crippen LogP contribution is -2.67. The number of carbonyl (C=O) groups excluding carboxylic acids is 1. The maximum Gasteiger partial charge on any atom is 0.408 e. The zero-order valence-corrected chi connectivity index (χ0v) is 23.7. The predicted molar refractivity (Wildman–Crippen MR) is 155 cm³/mol. The second-order valence-corrected chi connectivity index (χ2v) is 14.9. The summed E-state index contributed by atoms with van der Waals surface area (Å²) >= 11 is 0. The third-order valence-corrected chi connectivity index (χ3v) is 11.8. The van der Waals surface area contributed by atoms with Gasteiger partial charge < -0.3 is 24.0 Å². The minimum absolute atomic E-state index is 0.102. The van der Waals surface area contributed by atoms with Crippen molar-refractivity contribution >= 4 is 24.8 Å². The topological polar surface area (TPSA) is 80.9 Å². The van der Waals surface area contributed by atoms with Crippen molar-refractivity contribution in [2.75, 3.05) is 6.61 Å². The lowest BCUT2D eigenvalue weighted by atomic mass is 10.1. The molecule has 204 valence electrons. The van der Waals surface area contributed by atoms with E-state index in [1.807, 2.05) is 66.7 Å². The molecule has 0 aliphatic rings. The summed E-state index contributed by atoms with van der Waals surface area (Å²) in [5.74, 6) is 0.538. The first-order valence-electron chi connectivity index (χ1n) is 13.2. The van der Waals surface area contributed by atoms with Gasteiger partial charge in [0.05, 0.1) is 25.0 Å². The number of carbonyl (C=O) groups is 1. The number of alkyl carbamates (subject to hydrolysis) is 1. The van der Waals surface area contributed by atoms with Crippen LogP contribution in [0.25, 0.3) is 0 Å². The molecule has 0 saturated heterocycles. The molecule has 6 nitrogen and oxygen atoms in total. The molecule has 3 aromatic carbocycles. The average Bonchev–Trinajstić information content (AvgIpc) is 3.48. The van der Waals surface area contributed by atoms with Gasteiger partial charge >= 0.3 is 6.09 Å². The second-order valence-electron chi connectivity index (χ2n) is 10.6. The number of aliphatic hydroxyl groups is 1. The average molecular weight is 544 g/mol. The molecule has 7 heteroatoms. The van der Waals surface area contributed by atoms with Crippen LogP contribution in [0.1, 0.15) is 44.6 Å². The summed E-state index contributed by atoms with van der Waals surface area (Å²) in [5, 5.41) is 16.1. The largest absolute Gasteiger partial charge is 0.467 e. The highest BCUT2D eigenvalue weighted by molar-refractivity contribution is 6.99. The molecule has 1 amide bonds. The van der Waals surface area contributed by atoms with E-state index in [4.69, 9.17) is 13.6 Å². The van der Waals surface area contributed by atoms with E-state index in [1.165, 1.54) is 0 Å². The van der Waals surface area contributed by atoms with Crippen LogP contribution in [0.5, 0.6) is 0 Å². The van der Waals surface area contributed by atoms with Crippen LogP contribution in [0.2, 0.25) is 5.04 Å². The van der Waals surface area contributed by atoms with Crippen LogP contribution in [0.15, 0.2) is 114 Å². The molecular weight excluding hydrogens is 506 g/mol. The van der Waals surface area contributed by atoms with Crippen LogP contribution in [-0.4, -0.2) is 32.2 Å². The maximum absolute atomic E-state index is 12.6. The molecule has 4 aromatic rings. The Kier molecular flexibility index (Phi) is 9.40. The summed E-state index contributed by atoms with van der Waals surface area (Å²) in [5.41, 5.74) is 0.890. The fraction of sp³-hybridized carbons (Fsp3) is 0.281. The van der Waals surface area contributed by atoms with E-state index < -0.39 is 26.6 Å². The van der Waals surface area contributed by atoms with Gasteiger partial charge in [-0.05, 0) is 33.1 Å². The van der Waals surface area contributed by atoms with Crippen LogP contribution in [0, 0.1) is 0 Å². The molecule has 1 heterocycles. The number of rotatable bonds is 11. The lowest BCUT2D eigenvalue weighted by Gasteiger charge is -2.43. The molecule has 0 spiro atoms. The third-order valence-electron chi connectivity index (χ3n) is 6.81. The highest BCUT2D eigenvalue weighted by atomic mass is 28.4. The molecule has 39 heavy (non-hydrogen) atoms. The highest BCUT2D eigenvalue weighted by Gasteiger charge is 2.50. The van der Waals surface area contributed by atoms with Crippen LogP contribution in [0.3, 0.4) is 0 Å². The quantitative estimate of drug-likeness (QED) is 0.242. The van der Waals surface area contributed by atoms with Crippen molar-refractivity contribution in [3.63, 3.8) is 0 Å². The van der Waals surface area contributed by atoms with E-state index in [1.54, 1.807) is 18.4 Å². The van der Waals surface area contributed by atoms with Gasteiger partial charge in [0.2, 0.25) is 0 Å². The smallest absolute Gasteiger partial charge is 0.408 e. The molecule has 0 radical (unpaired) electrons. The van der Waals surface area contributed by atoms with Gasteiger partial charge in [-0.15, -0.1) is 0 Å². The Hall–Kier alpha value is -3.65. The predicted octanol–water partition coefficient (Wildman–Crippen LogP) is 5.57. The van der Waals surface area contributed by atoms with Gasteiger partial charge in [0.25, 0.3) is 8.32 Å². The van der Waals surface area contributed by atoms with Gasteiger partial charge in [-0.25, -0.2) is 4.79 Å². The SMILES string of the molecule is CC(C)(C)[Si](OC[C@@H](O)C[C@H](NC(=O)OCc1ccccc1)c1ccco1)(c1ccccc1)c1ccccc1. The Morgan fingerprint density at radius 1 is 0.872 bits per heavy atom. The zero-order valence-electron chi connectivity index (χ0n) is 22.7. The number of nitrogens with one attached hydrogen (secondary N) is 1. The Balaban J connectivity index is 1.50. The molecule has 1 aromatic heterocycles. The van der Waals surface area contributed by atoms with Crippen molar-refractivity contribution in [2.45, 2.75) is 51.0 Å². The summed E-state index contributed by atoms with van der Waals surface area (Å²) in [6.07, 6.45) is 0.299. The molecule has 0 unspecified atom stereocenters. The zero-order chi connectivity index (χ0) is 27.7. The standard InChI is InChI=1S/C32H37NO5Si/c1-32(2,3)39(27-16-9-5-10-17-27,28-18-11-6-12-19-28)38-24-26(34)22-29(30-20-13-21-36-30)33-31(35)37-23-25-14-7-4-8-15-25/h4-21,26,29,34H,22-24H2,1-3H3,(H,33,35)/t26-,29-/m0/s1. The van der Waals surface area contributed by atoms with E-state index >= 15 is 0 Å². The number of benzene rings is 3. The Morgan fingerprint density at radius 2 is 1.44 bits per heavy atom. The van der Waals surface area contributed by atoms with Crippen LogP contribution in [-0.2, 0) is 15.8 Å². The molecule has 0 aliphatic heterocycles. The summed E-state index contributed by atoms with van der Waals surface area (Å²) in [4.78, 5) is 12.6. The monoisotopic (exact) mass is 543 g/mol. The van der Waals surface area contributed by atoms with Crippen molar-refractivity contribution in [3.8, 4) is 0 Å². The lowest BCUT2D eigenvalue weighted by molar-refractivity contribution is 0.0794. The molecule has 2 N–H and O–H groups in total. The molecule has 0 saturated carbocycles. The normalized spacial score (nSPS) is 13.4. The Labute approximate surface area is 231 Å². The summed E-state index contributed by atoms with van der Waals surface area (Å²) in [6, 6.07) is 33.0. The maximum atomic E-state index is 12.6. The molecule has 4 rings (SSSR count). The Morgan fingerprint density at radius 3 is 1.95 bits per heavy atom. The number of hydrogen-bond donors (Lipinski definition) is 2. The van der Waals surface area contributed by atoms with Gasteiger partial charge in [-0.1, -0.05) is 112 Å². The minimum atomic E-state index is -2.81. The van der Waals surface area contributed by atoms with E-state index in [0.717, 1.165) is 15.9 Å². The fourth-order valence-electron chi connectivity index (χ4n) is 4.97. The number of hydrogen-bond acceptors (Lipinski definition) is 5. The van der Waals surface area contributed by atoms with Gasteiger partial charge in [-0.2, -0.15) is 0 Å². The number of aliphatic hydroxyl groups excluding tert-OH is 1. The molecule has 0 aliphatic carbocycles. The fourth-order valence-corrected chi connectivity index (χ4v) is 9.56. The van der Waals surface area contributed by atoms with Crippen LogP contribution >= 0.6 is 0 Å². The van der Waals surface area contributed by atoms with Crippen LogP contribution in [0.4, 0.5) is 4.79 Å².